The van der Waals surface area contributed by atoms with Crippen molar-refractivity contribution in [3.05, 3.63) is 52.1 Å². The van der Waals surface area contributed by atoms with Crippen LogP contribution in [0.5, 0.6) is 5.75 Å². The summed E-state index contributed by atoms with van der Waals surface area (Å²) >= 11 is 1.72. The number of aryl methyl sites for hydroxylation is 1. The molecule has 0 bridgehead atoms. The molecule has 0 saturated carbocycles. The van der Waals surface area contributed by atoms with Gasteiger partial charge in [0.25, 0.3) is 5.56 Å². The van der Waals surface area contributed by atoms with E-state index in [1.807, 2.05) is 24.3 Å². The second kappa shape index (κ2) is 9.75. The van der Waals surface area contributed by atoms with Crippen molar-refractivity contribution in [1.82, 2.24) is 13.9 Å². The van der Waals surface area contributed by atoms with Crippen molar-refractivity contribution in [2.45, 2.75) is 19.4 Å². The Morgan fingerprint density at radius 1 is 1.18 bits per heavy atom. The maximum atomic E-state index is 13.1. The lowest BCUT2D eigenvalue weighted by atomic mass is 10.2. The molecule has 0 unspecified atom stereocenters. The Kier molecular flexibility index (Phi) is 7.11. The number of aldehydes is 1. The average Bonchev–Trinajstić information content (AvgIpc) is 2.74. The molecule has 0 spiro atoms. The van der Waals surface area contributed by atoms with E-state index in [0.717, 1.165) is 49.5 Å². The maximum Gasteiger partial charge on any atom is 0.293 e. The SMILES string of the molecule is COc1ccc(Cn2cc(CCC=O)nc(N3CCN(SC)CC3)c2=O)cc1. The number of ether oxygens (including phenoxy) is 1. The van der Waals surface area contributed by atoms with E-state index in [1.165, 1.54) is 0 Å². The van der Waals surface area contributed by atoms with E-state index in [9.17, 15) is 9.59 Å². The highest BCUT2D eigenvalue weighted by Crippen LogP contribution is 2.16. The standard InChI is InChI=1S/C20H26N4O3S/c1-27-18-7-5-16(6-8-18)14-23-15-17(4-3-13-25)21-19(20(23)26)22-9-11-24(28-2)12-10-22/h5-8,13,15H,3-4,9-12,14H2,1-2H3. The van der Waals surface area contributed by atoms with E-state index in [4.69, 9.17) is 4.74 Å². The zero-order chi connectivity index (χ0) is 19.9. The molecular formula is C20H26N4O3S. The third-order valence-corrected chi connectivity index (χ3v) is 5.71. The van der Waals surface area contributed by atoms with Gasteiger partial charge in [-0.2, -0.15) is 0 Å². The molecule has 1 aliphatic rings. The molecule has 0 amide bonds. The lowest BCUT2D eigenvalue weighted by molar-refractivity contribution is -0.107. The number of carbonyl (C=O) groups excluding carboxylic acids is 1. The molecule has 0 radical (unpaired) electrons. The Morgan fingerprint density at radius 3 is 2.50 bits per heavy atom. The van der Waals surface area contributed by atoms with Crippen LogP contribution in [0.4, 0.5) is 5.82 Å². The Hall–Kier alpha value is -2.32. The number of carbonyl (C=O) groups is 1. The second-order valence-corrected chi connectivity index (χ2v) is 7.52. The van der Waals surface area contributed by atoms with Crippen LogP contribution < -0.4 is 15.2 Å². The third kappa shape index (κ3) is 4.94. The highest BCUT2D eigenvalue weighted by Gasteiger charge is 2.21. The molecule has 1 aromatic carbocycles. The van der Waals surface area contributed by atoms with E-state index in [-0.39, 0.29) is 5.56 Å². The van der Waals surface area contributed by atoms with Crippen molar-refractivity contribution in [1.29, 1.82) is 0 Å². The summed E-state index contributed by atoms with van der Waals surface area (Å²) in [5.74, 6) is 1.27. The van der Waals surface area contributed by atoms with Crippen LogP contribution in [0.3, 0.4) is 0 Å². The fourth-order valence-corrected chi connectivity index (χ4v) is 3.77. The maximum absolute atomic E-state index is 13.1. The molecule has 28 heavy (non-hydrogen) atoms. The van der Waals surface area contributed by atoms with Crippen molar-refractivity contribution >= 4 is 24.1 Å². The van der Waals surface area contributed by atoms with Crippen LogP contribution >= 0.6 is 11.9 Å². The second-order valence-electron chi connectivity index (χ2n) is 6.64. The van der Waals surface area contributed by atoms with Crippen LogP contribution in [-0.2, 0) is 17.8 Å². The Balaban J connectivity index is 1.89. The highest BCUT2D eigenvalue weighted by atomic mass is 32.2. The summed E-state index contributed by atoms with van der Waals surface area (Å²) in [4.78, 5) is 30.6. The van der Waals surface area contributed by atoms with Crippen molar-refractivity contribution in [3.8, 4) is 5.75 Å². The van der Waals surface area contributed by atoms with E-state index in [1.54, 1.807) is 29.8 Å². The van der Waals surface area contributed by atoms with Gasteiger partial charge in [0, 0.05) is 38.8 Å². The number of nitrogens with zero attached hydrogens (tertiary/aromatic N) is 4. The van der Waals surface area contributed by atoms with Gasteiger partial charge < -0.3 is 19.0 Å². The van der Waals surface area contributed by atoms with E-state index in [0.29, 0.717) is 25.2 Å². The first-order valence-corrected chi connectivity index (χ1v) is 10.5. The fraction of sp³-hybridized carbons (Fsp3) is 0.450. The molecule has 1 aromatic heterocycles. The van der Waals surface area contributed by atoms with Crippen LogP contribution in [0, 0.1) is 0 Å². The Bertz CT molecular complexity index is 846. The predicted octanol–water partition coefficient (Wildman–Crippen LogP) is 1.83. The molecule has 1 fully saturated rings. The van der Waals surface area contributed by atoms with E-state index in [2.05, 4.69) is 20.4 Å². The van der Waals surface area contributed by atoms with Crippen LogP contribution in [0.2, 0.25) is 0 Å². The normalized spacial score (nSPS) is 14.9. The minimum Gasteiger partial charge on any atom is -0.497 e. The third-order valence-electron chi connectivity index (χ3n) is 4.83. The van der Waals surface area contributed by atoms with Crippen LogP contribution in [0.1, 0.15) is 17.7 Å². The van der Waals surface area contributed by atoms with Crippen molar-refractivity contribution in [3.63, 3.8) is 0 Å². The Morgan fingerprint density at radius 2 is 1.89 bits per heavy atom. The van der Waals surface area contributed by atoms with Crippen molar-refractivity contribution in [2.75, 3.05) is 44.4 Å². The first kappa shape index (κ1) is 20.4. The molecule has 2 aromatic rings. The van der Waals surface area contributed by atoms with Crippen LogP contribution in [-0.4, -0.2) is 59.7 Å². The predicted molar refractivity (Wildman–Crippen MR) is 112 cm³/mol. The number of benzene rings is 1. The zero-order valence-corrected chi connectivity index (χ0v) is 17.2. The lowest BCUT2D eigenvalue weighted by Crippen LogP contribution is -2.46. The highest BCUT2D eigenvalue weighted by molar-refractivity contribution is 7.96. The number of rotatable bonds is 8. The van der Waals surface area contributed by atoms with Crippen molar-refractivity contribution < 1.29 is 9.53 Å². The largest absolute Gasteiger partial charge is 0.497 e. The van der Waals surface area contributed by atoms with Gasteiger partial charge in [0.2, 0.25) is 0 Å². The smallest absolute Gasteiger partial charge is 0.293 e. The first-order valence-electron chi connectivity index (χ1n) is 9.35. The molecule has 8 heteroatoms. The number of methoxy groups -OCH3 is 1. The summed E-state index contributed by atoms with van der Waals surface area (Å²) in [6, 6.07) is 7.68. The van der Waals surface area contributed by atoms with Gasteiger partial charge in [0.05, 0.1) is 19.3 Å². The number of anilines is 1. The molecule has 1 saturated heterocycles. The number of hydrogen-bond donors (Lipinski definition) is 0. The minimum absolute atomic E-state index is 0.0942. The summed E-state index contributed by atoms with van der Waals surface area (Å²) in [6.45, 7) is 3.77. The number of aromatic nitrogens is 2. The number of piperazine rings is 1. The molecule has 2 heterocycles. The first-order chi connectivity index (χ1) is 13.6. The minimum atomic E-state index is -0.0942. The quantitative estimate of drug-likeness (QED) is 0.493. The summed E-state index contributed by atoms with van der Waals surface area (Å²) in [6.07, 6.45) is 5.66. The molecular weight excluding hydrogens is 376 g/mol. The van der Waals surface area contributed by atoms with E-state index < -0.39 is 0 Å². The monoisotopic (exact) mass is 402 g/mol. The topological polar surface area (TPSA) is 67.7 Å². The molecule has 0 aliphatic carbocycles. The van der Waals surface area contributed by atoms with Crippen molar-refractivity contribution in [2.24, 2.45) is 0 Å². The molecule has 0 N–H and O–H groups in total. The van der Waals surface area contributed by atoms with Crippen LogP contribution in [0.15, 0.2) is 35.3 Å². The average molecular weight is 403 g/mol. The molecule has 0 atom stereocenters. The summed E-state index contributed by atoms with van der Waals surface area (Å²) in [5.41, 5.74) is 1.68. The van der Waals surface area contributed by atoms with Gasteiger partial charge in [0.1, 0.15) is 12.0 Å². The van der Waals surface area contributed by atoms with Crippen LogP contribution in [0.25, 0.3) is 0 Å². The Labute approximate surface area is 169 Å². The lowest BCUT2D eigenvalue weighted by Gasteiger charge is -2.33. The fourth-order valence-electron chi connectivity index (χ4n) is 3.24. The van der Waals surface area contributed by atoms with Gasteiger partial charge >= 0.3 is 0 Å². The molecule has 1 aliphatic heterocycles. The summed E-state index contributed by atoms with van der Waals surface area (Å²) in [7, 11) is 1.63. The van der Waals surface area contributed by atoms with Gasteiger partial charge in [-0.15, -0.1) is 0 Å². The van der Waals surface area contributed by atoms with Gasteiger partial charge in [-0.1, -0.05) is 24.1 Å². The van der Waals surface area contributed by atoms with Gasteiger partial charge in [-0.25, -0.2) is 9.29 Å². The molecule has 3 rings (SSSR count). The van der Waals surface area contributed by atoms with Gasteiger partial charge in [-0.3, -0.25) is 4.79 Å². The zero-order valence-electron chi connectivity index (χ0n) is 16.3. The summed E-state index contributed by atoms with van der Waals surface area (Å²) < 4.78 is 9.18. The van der Waals surface area contributed by atoms with E-state index >= 15 is 0 Å². The molecule has 150 valence electrons. The van der Waals surface area contributed by atoms with Gasteiger partial charge in [-0.05, 0) is 30.4 Å². The molecule has 7 nitrogen and oxygen atoms in total. The summed E-state index contributed by atoms with van der Waals surface area (Å²) in [5, 5.41) is 0. The van der Waals surface area contributed by atoms with Gasteiger partial charge in [0.15, 0.2) is 5.82 Å². The number of hydrogen-bond acceptors (Lipinski definition) is 7.